The third-order valence-corrected chi connectivity index (χ3v) is 3.27. The molecule has 132 valence electrons. The van der Waals surface area contributed by atoms with Gasteiger partial charge in [-0.15, -0.1) is 0 Å². The molecular formula is C13H14F7NO2. The average molecular weight is 349 g/mol. The minimum atomic E-state index is -5.30. The van der Waals surface area contributed by atoms with Crippen molar-refractivity contribution >= 4 is 0 Å². The number of alkyl halides is 3. The van der Waals surface area contributed by atoms with Crippen LogP contribution >= 0.6 is 0 Å². The molecule has 2 N–H and O–H groups in total. The van der Waals surface area contributed by atoms with Gasteiger partial charge in [-0.1, -0.05) is 20.8 Å². The summed E-state index contributed by atoms with van der Waals surface area (Å²) in [7, 11) is 0. The molecule has 0 aliphatic carbocycles. The van der Waals surface area contributed by atoms with E-state index in [9.17, 15) is 40.9 Å². The third-order valence-electron chi connectivity index (χ3n) is 3.27. The van der Waals surface area contributed by atoms with Crippen LogP contribution in [0.5, 0.6) is 0 Å². The van der Waals surface area contributed by atoms with Gasteiger partial charge in [-0.25, -0.2) is 8.78 Å². The predicted octanol–water partition coefficient (Wildman–Crippen LogP) is 3.26. The molecular weight excluding hydrogens is 335 g/mol. The van der Waals surface area contributed by atoms with Gasteiger partial charge in [0.1, 0.15) is 5.92 Å². The number of hydrogen-bond acceptors (Lipinski definition) is 3. The zero-order chi connectivity index (χ0) is 18.3. The molecule has 3 atom stereocenters. The van der Waals surface area contributed by atoms with Gasteiger partial charge in [-0.05, 0) is 5.41 Å². The van der Waals surface area contributed by atoms with E-state index < -0.39 is 58.8 Å². The fourth-order valence-corrected chi connectivity index (χ4v) is 2.01. The molecule has 0 saturated carbocycles. The van der Waals surface area contributed by atoms with Crippen molar-refractivity contribution < 1.29 is 40.9 Å². The zero-order valence-corrected chi connectivity index (χ0v) is 12.2. The highest BCUT2D eigenvalue weighted by Crippen LogP contribution is 2.44. The van der Waals surface area contributed by atoms with E-state index in [0.29, 0.717) is 0 Å². The maximum absolute atomic E-state index is 13.5. The average Bonchev–Trinajstić information content (AvgIpc) is 2.34. The summed E-state index contributed by atoms with van der Waals surface area (Å²) in [6.45, 7) is 3.55. The van der Waals surface area contributed by atoms with Crippen molar-refractivity contribution in [2.45, 2.75) is 39.2 Å². The summed E-state index contributed by atoms with van der Waals surface area (Å²) >= 11 is 0. The van der Waals surface area contributed by atoms with Crippen LogP contribution in [-0.2, 0) is 0 Å². The Hall–Kier alpha value is -1.42. The van der Waals surface area contributed by atoms with Crippen molar-refractivity contribution in [3.8, 4) is 0 Å². The molecule has 3 unspecified atom stereocenters. The molecule has 1 aromatic rings. The van der Waals surface area contributed by atoms with Gasteiger partial charge in [-0.3, -0.25) is 0 Å². The van der Waals surface area contributed by atoms with Crippen LogP contribution in [0.25, 0.3) is 0 Å². The van der Waals surface area contributed by atoms with Gasteiger partial charge < -0.3 is 10.2 Å². The normalized spacial score (nSPS) is 17.0. The van der Waals surface area contributed by atoms with E-state index in [4.69, 9.17) is 0 Å². The summed E-state index contributed by atoms with van der Waals surface area (Å²) in [5.41, 5.74) is -3.32. The molecule has 23 heavy (non-hydrogen) atoms. The fraction of sp³-hybridized carbons (Fsp3) is 0.615. The Labute approximate surface area is 126 Å². The first-order valence-electron chi connectivity index (χ1n) is 6.32. The van der Waals surface area contributed by atoms with Crippen molar-refractivity contribution in [2.75, 3.05) is 0 Å². The molecule has 0 aliphatic heterocycles. The summed E-state index contributed by atoms with van der Waals surface area (Å²) in [5, 5.41) is 19.5. The van der Waals surface area contributed by atoms with Gasteiger partial charge >= 0.3 is 6.18 Å². The lowest BCUT2D eigenvalue weighted by atomic mass is 9.77. The molecule has 10 heteroatoms. The molecule has 1 rings (SSSR count). The number of hydrogen-bond donors (Lipinski definition) is 2. The van der Waals surface area contributed by atoms with Crippen molar-refractivity contribution in [3.05, 3.63) is 29.1 Å². The van der Waals surface area contributed by atoms with Crippen LogP contribution < -0.4 is 0 Å². The molecule has 0 bridgehead atoms. The van der Waals surface area contributed by atoms with Crippen LogP contribution in [0, 0.1) is 34.9 Å². The molecule has 0 fully saturated rings. The second-order valence-corrected chi connectivity index (χ2v) is 6.06. The monoisotopic (exact) mass is 349 g/mol. The van der Waals surface area contributed by atoms with Gasteiger partial charge in [0.15, 0.2) is 11.6 Å². The summed E-state index contributed by atoms with van der Waals surface area (Å²) in [5.74, 6) is -12.0. The van der Waals surface area contributed by atoms with Gasteiger partial charge in [-0.2, -0.15) is 26.9 Å². The van der Waals surface area contributed by atoms with Crippen LogP contribution in [0.1, 0.15) is 32.4 Å². The first-order valence-corrected chi connectivity index (χ1v) is 6.32. The number of rotatable bonds is 3. The zero-order valence-electron chi connectivity index (χ0n) is 12.2. The highest BCUT2D eigenvalue weighted by molar-refractivity contribution is 5.22. The standard InChI is InChI=1S/C13H14F7NO2/c1-12(2,3)9(23)5(13(18,19)20)8(22)4-6(14)10(16)21-11(17)7(4)15/h5,8-9,22-23H,1-3H3. The number of halogens is 7. The maximum atomic E-state index is 13.5. The lowest BCUT2D eigenvalue weighted by Crippen LogP contribution is -2.45. The number of pyridine rings is 1. The van der Waals surface area contributed by atoms with E-state index in [0.717, 1.165) is 0 Å². The van der Waals surface area contributed by atoms with E-state index in [1.165, 1.54) is 20.8 Å². The van der Waals surface area contributed by atoms with Gasteiger partial charge in [0.2, 0.25) is 0 Å². The van der Waals surface area contributed by atoms with Crippen molar-refractivity contribution in [1.29, 1.82) is 0 Å². The number of aliphatic hydroxyl groups is 2. The van der Waals surface area contributed by atoms with Crippen molar-refractivity contribution in [1.82, 2.24) is 4.98 Å². The van der Waals surface area contributed by atoms with Crippen LogP contribution in [0.3, 0.4) is 0 Å². The van der Waals surface area contributed by atoms with E-state index in [1.54, 1.807) is 0 Å². The molecule has 0 spiro atoms. The molecule has 0 aromatic carbocycles. The summed E-state index contributed by atoms with van der Waals surface area (Å²) in [6, 6.07) is 0. The Balaban J connectivity index is 3.52. The first kappa shape index (κ1) is 19.6. The largest absolute Gasteiger partial charge is 0.397 e. The Morgan fingerprint density at radius 3 is 1.57 bits per heavy atom. The Bertz CT molecular complexity index is 557. The smallest absolute Gasteiger partial charge is 0.392 e. The van der Waals surface area contributed by atoms with Gasteiger partial charge in [0.25, 0.3) is 11.9 Å². The second kappa shape index (κ2) is 6.23. The SMILES string of the molecule is CC(C)(C)C(O)C(C(O)c1c(F)c(F)nc(F)c1F)C(F)(F)F. The van der Waals surface area contributed by atoms with E-state index in [1.807, 2.05) is 0 Å². The lowest BCUT2D eigenvalue weighted by molar-refractivity contribution is -0.241. The quantitative estimate of drug-likeness (QED) is 0.651. The molecule has 0 amide bonds. The minimum absolute atomic E-state index is 1.18. The molecule has 1 heterocycles. The molecule has 1 aromatic heterocycles. The maximum Gasteiger partial charge on any atom is 0.397 e. The van der Waals surface area contributed by atoms with E-state index >= 15 is 0 Å². The highest BCUT2D eigenvalue weighted by Gasteiger charge is 2.53. The second-order valence-electron chi connectivity index (χ2n) is 6.06. The van der Waals surface area contributed by atoms with Crippen molar-refractivity contribution in [2.24, 2.45) is 11.3 Å². The highest BCUT2D eigenvalue weighted by atomic mass is 19.4. The van der Waals surface area contributed by atoms with Gasteiger partial charge in [0, 0.05) is 0 Å². The molecule has 0 radical (unpaired) electrons. The topological polar surface area (TPSA) is 53.4 Å². The predicted molar refractivity (Wildman–Crippen MR) is 64.0 cm³/mol. The fourth-order valence-electron chi connectivity index (χ4n) is 2.01. The summed E-state index contributed by atoms with van der Waals surface area (Å²) in [4.78, 5) is 2.19. The van der Waals surface area contributed by atoms with Crippen molar-refractivity contribution in [3.63, 3.8) is 0 Å². The Kier molecular flexibility index (Phi) is 5.32. The van der Waals surface area contributed by atoms with E-state index in [-0.39, 0.29) is 0 Å². The van der Waals surface area contributed by atoms with Crippen LogP contribution in [-0.4, -0.2) is 27.5 Å². The Morgan fingerprint density at radius 2 is 1.26 bits per heavy atom. The Morgan fingerprint density at radius 1 is 0.870 bits per heavy atom. The first-order chi connectivity index (χ1) is 10.2. The van der Waals surface area contributed by atoms with E-state index in [2.05, 4.69) is 4.98 Å². The number of aliphatic hydroxyl groups excluding tert-OH is 2. The number of nitrogens with zero attached hydrogens (tertiary/aromatic N) is 1. The molecule has 0 saturated heterocycles. The number of aromatic nitrogens is 1. The summed E-state index contributed by atoms with van der Waals surface area (Å²) in [6.07, 6.45) is -10.7. The minimum Gasteiger partial charge on any atom is -0.392 e. The van der Waals surface area contributed by atoms with Crippen LogP contribution in [0.4, 0.5) is 30.7 Å². The summed E-state index contributed by atoms with van der Waals surface area (Å²) < 4.78 is 92.6. The van der Waals surface area contributed by atoms with Crippen LogP contribution in [0.15, 0.2) is 0 Å². The van der Waals surface area contributed by atoms with Crippen LogP contribution in [0.2, 0.25) is 0 Å². The molecule has 3 nitrogen and oxygen atoms in total. The lowest BCUT2D eigenvalue weighted by Gasteiger charge is -2.36. The molecule has 0 aliphatic rings. The van der Waals surface area contributed by atoms with Gasteiger partial charge in [0.05, 0.1) is 17.8 Å². The third kappa shape index (κ3) is 3.92.